The van der Waals surface area contributed by atoms with Crippen LogP contribution in [0.1, 0.15) is 11.3 Å². The van der Waals surface area contributed by atoms with E-state index in [1.165, 1.54) is 30.6 Å². The average Bonchev–Trinajstić information content (AvgIpc) is 2.96. The zero-order valence-corrected chi connectivity index (χ0v) is 11.8. The maximum Gasteiger partial charge on any atom is 0.317 e. The molecule has 0 spiro atoms. The van der Waals surface area contributed by atoms with Gasteiger partial charge in [-0.25, -0.2) is 9.37 Å². The van der Waals surface area contributed by atoms with Crippen LogP contribution in [0.3, 0.4) is 0 Å². The number of benzene rings is 1. The summed E-state index contributed by atoms with van der Waals surface area (Å²) in [6.45, 7) is 0.0145. The van der Waals surface area contributed by atoms with Gasteiger partial charge in [-0.1, -0.05) is 12.1 Å². The van der Waals surface area contributed by atoms with Crippen molar-refractivity contribution in [3.05, 3.63) is 52.2 Å². The van der Waals surface area contributed by atoms with Gasteiger partial charge in [0, 0.05) is 18.3 Å². The van der Waals surface area contributed by atoms with Crippen molar-refractivity contribution in [2.24, 2.45) is 5.73 Å². The number of aromatic nitrogens is 1. The van der Waals surface area contributed by atoms with Gasteiger partial charge in [-0.2, -0.15) is 0 Å². The molecule has 0 saturated carbocycles. The second kappa shape index (κ2) is 6.11. The molecule has 1 unspecified atom stereocenters. The van der Waals surface area contributed by atoms with Gasteiger partial charge in [-0.3, -0.25) is 4.79 Å². The molecule has 2 N–H and O–H groups in total. The van der Waals surface area contributed by atoms with Crippen LogP contribution in [0.25, 0.3) is 0 Å². The molecule has 0 bridgehead atoms. The van der Waals surface area contributed by atoms with Gasteiger partial charge < -0.3 is 10.5 Å². The maximum absolute atomic E-state index is 13.5. The van der Waals surface area contributed by atoms with Crippen LogP contribution in [0.4, 0.5) is 4.39 Å². The van der Waals surface area contributed by atoms with Crippen molar-refractivity contribution in [1.29, 1.82) is 0 Å². The first-order chi connectivity index (χ1) is 9.62. The molecule has 6 heteroatoms. The number of halogens is 1. The van der Waals surface area contributed by atoms with E-state index in [1.807, 2.05) is 5.38 Å². The number of hydrogen-bond donors (Lipinski definition) is 1. The van der Waals surface area contributed by atoms with E-state index in [0.29, 0.717) is 5.56 Å². The number of ether oxygens (including phenoxy) is 1. The molecule has 0 amide bonds. The van der Waals surface area contributed by atoms with Gasteiger partial charge in [0.05, 0.1) is 18.3 Å². The summed E-state index contributed by atoms with van der Waals surface area (Å²) in [6.07, 6.45) is 0.281. The normalized spacial score (nSPS) is 13.8. The molecule has 106 valence electrons. The Balaban J connectivity index is 2.49. The summed E-state index contributed by atoms with van der Waals surface area (Å²) in [4.78, 5) is 16.4. The van der Waals surface area contributed by atoms with Gasteiger partial charge in [0.15, 0.2) is 0 Å². The minimum absolute atomic E-state index is 0.0145. The van der Waals surface area contributed by atoms with Gasteiger partial charge in [0.2, 0.25) is 0 Å². The van der Waals surface area contributed by atoms with E-state index >= 15 is 0 Å². The minimum atomic E-state index is -1.12. The van der Waals surface area contributed by atoms with Crippen LogP contribution in [0.15, 0.2) is 35.2 Å². The molecule has 1 aromatic heterocycles. The predicted molar refractivity (Wildman–Crippen MR) is 75.0 cm³/mol. The number of nitrogens with two attached hydrogens (primary N) is 1. The molecule has 1 heterocycles. The van der Waals surface area contributed by atoms with Crippen molar-refractivity contribution in [1.82, 2.24) is 4.98 Å². The summed E-state index contributed by atoms with van der Waals surface area (Å²) in [7, 11) is 1.30. The number of rotatable bonds is 5. The lowest BCUT2D eigenvalue weighted by Crippen LogP contribution is -2.46. The number of carbonyl (C=O) groups excluding carboxylic acids is 1. The van der Waals surface area contributed by atoms with Crippen molar-refractivity contribution in [2.75, 3.05) is 13.7 Å². The number of hydrogen-bond acceptors (Lipinski definition) is 5. The molecule has 20 heavy (non-hydrogen) atoms. The van der Waals surface area contributed by atoms with E-state index in [9.17, 15) is 9.18 Å². The summed E-state index contributed by atoms with van der Waals surface area (Å²) < 4.78 is 18.4. The highest BCUT2D eigenvalue weighted by atomic mass is 32.1. The fourth-order valence-corrected chi connectivity index (χ4v) is 2.74. The number of nitrogens with zero attached hydrogens (tertiary/aromatic N) is 1. The van der Waals surface area contributed by atoms with Crippen LogP contribution < -0.4 is 5.73 Å². The first-order valence-corrected chi connectivity index (χ1v) is 6.98. The molecule has 1 atom stereocenters. The SMILES string of the molecule is COC(=O)C(CN)(Cc1cscn1)c1cccc(F)c1. The molecule has 1 aromatic carbocycles. The highest BCUT2D eigenvalue weighted by Gasteiger charge is 2.41. The third kappa shape index (κ3) is 2.71. The highest BCUT2D eigenvalue weighted by Crippen LogP contribution is 2.30. The van der Waals surface area contributed by atoms with E-state index in [-0.39, 0.29) is 13.0 Å². The lowest BCUT2D eigenvalue weighted by molar-refractivity contribution is -0.147. The summed E-state index contributed by atoms with van der Waals surface area (Å²) >= 11 is 1.43. The Bertz CT molecular complexity index is 589. The molecular weight excluding hydrogens is 279 g/mol. The Labute approximate surface area is 120 Å². The fourth-order valence-electron chi connectivity index (χ4n) is 2.18. The molecule has 0 aliphatic carbocycles. The summed E-state index contributed by atoms with van der Waals surface area (Å²) in [6, 6.07) is 5.87. The summed E-state index contributed by atoms with van der Waals surface area (Å²) in [5, 5.41) is 1.84. The number of carbonyl (C=O) groups is 1. The fraction of sp³-hybridized carbons (Fsp3) is 0.286. The Morgan fingerprint density at radius 1 is 1.55 bits per heavy atom. The lowest BCUT2D eigenvalue weighted by Gasteiger charge is -2.29. The van der Waals surface area contributed by atoms with E-state index in [4.69, 9.17) is 10.5 Å². The first-order valence-electron chi connectivity index (χ1n) is 6.04. The number of esters is 1. The van der Waals surface area contributed by atoms with E-state index in [2.05, 4.69) is 4.98 Å². The molecule has 0 aliphatic rings. The second-order valence-corrected chi connectivity index (χ2v) is 5.16. The lowest BCUT2D eigenvalue weighted by atomic mass is 9.76. The van der Waals surface area contributed by atoms with Crippen LogP contribution in [-0.4, -0.2) is 24.6 Å². The summed E-state index contributed by atoms with van der Waals surface area (Å²) in [5.41, 5.74) is 7.63. The maximum atomic E-state index is 13.5. The molecule has 0 aliphatic heterocycles. The zero-order chi connectivity index (χ0) is 14.6. The van der Waals surface area contributed by atoms with Gasteiger partial charge in [-0.15, -0.1) is 11.3 Å². The molecule has 0 saturated heterocycles. The Kier molecular flexibility index (Phi) is 4.46. The molecule has 2 aromatic rings. The Hall–Kier alpha value is -1.79. The van der Waals surface area contributed by atoms with Crippen LogP contribution in [-0.2, 0) is 21.4 Å². The number of thiazole rings is 1. The standard InChI is InChI=1S/C14H15FN2O2S/c1-19-13(18)14(8-16,6-12-7-20-9-17-12)10-3-2-4-11(15)5-10/h2-5,7,9H,6,8,16H2,1H3. The third-order valence-electron chi connectivity index (χ3n) is 3.27. The van der Waals surface area contributed by atoms with Crippen molar-refractivity contribution in [3.63, 3.8) is 0 Å². The smallest absolute Gasteiger partial charge is 0.317 e. The highest BCUT2D eigenvalue weighted by molar-refractivity contribution is 7.07. The third-order valence-corrected chi connectivity index (χ3v) is 3.90. The molecule has 4 nitrogen and oxygen atoms in total. The van der Waals surface area contributed by atoms with Crippen LogP contribution in [0.2, 0.25) is 0 Å². The molecule has 0 radical (unpaired) electrons. The molecular formula is C14H15FN2O2S. The average molecular weight is 294 g/mol. The Morgan fingerprint density at radius 3 is 2.90 bits per heavy atom. The Morgan fingerprint density at radius 2 is 2.35 bits per heavy atom. The van der Waals surface area contributed by atoms with Crippen LogP contribution in [0.5, 0.6) is 0 Å². The topological polar surface area (TPSA) is 65.2 Å². The van der Waals surface area contributed by atoms with E-state index < -0.39 is 17.2 Å². The van der Waals surface area contributed by atoms with Crippen LogP contribution in [0, 0.1) is 5.82 Å². The minimum Gasteiger partial charge on any atom is -0.468 e. The second-order valence-electron chi connectivity index (χ2n) is 4.44. The zero-order valence-electron chi connectivity index (χ0n) is 11.0. The van der Waals surface area contributed by atoms with Gasteiger partial charge in [0.1, 0.15) is 11.2 Å². The monoisotopic (exact) mass is 294 g/mol. The largest absolute Gasteiger partial charge is 0.468 e. The van der Waals surface area contributed by atoms with Crippen molar-refractivity contribution < 1.29 is 13.9 Å². The van der Waals surface area contributed by atoms with Crippen LogP contribution >= 0.6 is 11.3 Å². The predicted octanol–water partition coefficient (Wildman–Crippen LogP) is 1.89. The van der Waals surface area contributed by atoms with Crippen molar-refractivity contribution in [3.8, 4) is 0 Å². The van der Waals surface area contributed by atoms with Gasteiger partial charge in [-0.05, 0) is 17.7 Å². The van der Waals surface area contributed by atoms with Gasteiger partial charge in [0.25, 0.3) is 0 Å². The van der Waals surface area contributed by atoms with E-state index in [1.54, 1.807) is 17.6 Å². The van der Waals surface area contributed by atoms with E-state index in [0.717, 1.165) is 5.69 Å². The van der Waals surface area contributed by atoms with Crippen molar-refractivity contribution >= 4 is 17.3 Å². The molecule has 0 fully saturated rings. The summed E-state index contributed by atoms with van der Waals surface area (Å²) in [5.74, 6) is -0.902. The van der Waals surface area contributed by atoms with Gasteiger partial charge >= 0.3 is 5.97 Å². The molecule has 2 rings (SSSR count). The number of methoxy groups -OCH3 is 1. The quantitative estimate of drug-likeness (QED) is 0.855. The first kappa shape index (κ1) is 14.6. The van der Waals surface area contributed by atoms with Crippen molar-refractivity contribution in [2.45, 2.75) is 11.8 Å².